The molecule has 0 aromatic heterocycles. The average molecular weight is 286 g/mol. The summed E-state index contributed by atoms with van der Waals surface area (Å²) in [7, 11) is 1.44. The summed E-state index contributed by atoms with van der Waals surface area (Å²) in [6, 6.07) is 2.75. The quantitative estimate of drug-likeness (QED) is 0.837. The summed E-state index contributed by atoms with van der Waals surface area (Å²) >= 11 is 6.05. The van der Waals surface area contributed by atoms with Crippen molar-refractivity contribution in [1.29, 1.82) is 0 Å². The topological polar surface area (TPSA) is 81.8 Å². The Morgan fingerprint density at radius 2 is 2.21 bits per heavy atom. The molecule has 1 aromatic rings. The lowest BCUT2D eigenvalue weighted by atomic mass is 10.1. The van der Waals surface area contributed by atoms with Gasteiger partial charge in [0, 0.05) is 12.0 Å². The van der Waals surface area contributed by atoms with Crippen LogP contribution in [0.4, 0.5) is 0 Å². The Morgan fingerprint density at radius 1 is 1.53 bits per heavy atom. The fourth-order valence-electron chi connectivity index (χ4n) is 1.79. The normalized spacial score (nSPS) is 15.9. The van der Waals surface area contributed by atoms with E-state index in [0.29, 0.717) is 24.7 Å². The molecule has 1 saturated carbocycles. The average Bonchev–Trinajstić information content (AvgIpc) is 3.17. The zero-order chi connectivity index (χ0) is 14.0. The van der Waals surface area contributed by atoms with Gasteiger partial charge in [0.1, 0.15) is 0 Å². The molecule has 5 nitrogen and oxygen atoms in total. The molecule has 3 N–H and O–H groups in total. The van der Waals surface area contributed by atoms with Crippen molar-refractivity contribution in [2.75, 3.05) is 20.3 Å². The zero-order valence-electron chi connectivity index (χ0n) is 10.6. The molecular weight excluding hydrogens is 270 g/mol. The van der Waals surface area contributed by atoms with Gasteiger partial charge in [-0.15, -0.1) is 0 Å². The van der Waals surface area contributed by atoms with E-state index in [-0.39, 0.29) is 16.0 Å². The number of nitrogens with two attached hydrogens (primary N) is 1. The summed E-state index contributed by atoms with van der Waals surface area (Å²) < 4.78 is 10.8. The van der Waals surface area contributed by atoms with Crippen LogP contribution in [0.25, 0.3) is 0 Å². The number of carboxylic acids is 1. The van der Waals surface area contributed by atoms with Gasteiger partial charge < -0.3 is 20.3 Å². The lowest BCUT2D eigenvalue weighted by molar-refractivity contribution is 0.0696. The SMILES string of the molecule is COc1cc(C(=O)O)cc(Cl)c1OCC1(CN)CC1. The number of carboxylic acid groups (broad SMARTS) is 1. The predicted molar refractivity (Wildman–Crippen MR) is 71.2 cm³/mol. The summed E-state index contributed by atoms with van der Waals surface area (Å²) in [5.41, 5.74) is 5.79. The monoisotopic (exact) mass is 285 g/mol. The van der Waals surface area contributed by atoms with Crippen molar-refractivity contribution in [2.24, 2.45) is 11.1 Å². The maximum Gasteiger partial charge on any atom is 0.335 e. The second kappa shape index (κ2) is 5.27. The van der Waals surface area contributed by atoms with Crippen molar-refractivity contribution in [1.82, 2.24) is 0 Å². The van der Waals surface area contributed by atoms with E-state index in [1.807, 2.05) is 0 Å². The third-order valence-corrected chi connectivity index (χ3v) is 3.67. The number of benzene rings is 1. The molecule has 0 saturated heterocycles. The first-order chi connectivity index (χ1) is 9.01. The Morgan fingerprint density at radius 3 is 2.68 bits per heavy atom. The molecule has 0 unspecified atom stereocenters. The van der Waals surface area contributed by atoms with Crippen LogP contribution in [0.5, 0.6) is 11.5 Å². The van der Waals surface area contributed by atoms with E-state index in [1.54, 1.807) is 0 Å². The summed E-state index contributed by atoms with van der Waals surface area (Å²) in [5, 5.41) is 9.18. The smallest absolute Gasteiger partial charge is 0.335 e. The van der Waals surface area contributed by atoms with Gasteiger partial charge in [0.25, 0.3) is 0 Å². The van der Waals surface area contributed by atoms with Crippen LogP contribution in [0, 0.1) is 5.41 Å². The maximum atomic E-state index is 10.9. The van der Waals surface area contributed by atoms with Gasteiger partial charge in [-0.3, -0.25) is 0 Å². The number of hydrogen-bond donors (Lipinski definition) is 2. The molecule has 0 amide bonds. The van der Waals surface area contributed by atoms with Crippen molar-refractivity contribution < 1.29 is 19.4 Å². The number of aromatic carboxylic acids is 1. The Hall–Kier alpha value is -1.46. The van der Waals surface area contributed by atoms with Crippen LogP contribution in [0.3, 0.4) is 0 Å². The molecule has 0 bridgehead atoms. The lowest BCUT2D eigenvalue weighted by Crippen LogP contribution is -2.23. The van der Waals surface area contributed by atoms with E-state index >= 15 is 0 Å². The molecule has 0 aliphatic heterocycles. The molecule has 1 aromatic carbocycles. The van der Waals surface area contributed by atoms with Crippen molar-refractivity contribution in [3.63, 3.8) is 0 Å². The molecule has 104 valence electrons. The van der Waals surface area contributed by atoms with Crippen molar-refractivity contribution in [3.05, 3.63) is 22.7 Å². The second-order valence-electron chi connectivity index (χ2n) is 4.79. The fraction of sp³-hybridized carbons (Fsp3) is 0.462. The predicted octanol–water partition coefficient (Wildman–Crippen LogP) is 2.16. The molecule has 0 spiro atoms. The summed E-state index contributed by atoms with van der Waals surface area (Å²) in [6.45, 7) is 1.03. The second-order valence-corrected chi connectivity index (χ2v) is 5.19. The highest BCUT2D eigenvalue weighted by atomic mass is 35.5. The van der Waals surface area contributed by atoms with E-state index in [1.165, 1.54) is 19.2 Å². The molecule has 0 atom stereocenters. The number of ether oxygens (including phenoxy) is 2. The number of rotatable bonds is 6. The van der Waals surface area contributed by atoms with Gasteiger partial charge >= 0.3 is 5.97 Å². The molecule has 0 heterocycles. The van der Waals surface area contributed by atoms with Gasteiger partial charge in [0.05, 0.1) is 24.3 Å². The maximum absolute atomic E-state index is 10.9. The fourth-order valence-corrected chi connectivity index (χ4v) is 2.06. The minimum Gasteiger partial charge on any atom is -0.493 e. The van der Waals surface area contributed by atoms with E-state index in [2.05, 4.69) is 0 Å². The van der Waals surface area contributed by atoms with Crippen LogP contribution in [-0.4, -0.2) is 31.3 Å². The first kappa shape index (κ1) is 14.0. The summed E-state index contributed by atoms with van der Waals surface area (Å²) in [4.78, 5) is 10.9. The Labute approximate surface area is 116 Å². The highest BCUT2D eigenvalue weighted by Crippen LogP contribution is 2.46. The van der Waals surface area contributed by atoms with Crippen LogP contribution in [-0.2, 0) is 0 Å². The third-order valence-electron chi connectivity index (χ3n) is 3.39. The van der Waals surface area contributed by atoms with Crippen LogP contribution >= 0.6 is 11.6 Å². The van der Waals surface area contributed by atoms with Crippen LogP contribution in [0.2, 0.25) is 5.02 Å². The number of halogens is 1. The van der Waals surface area contributed by atoms with Gasteiger partial charge in [-0.25, -0.2) is 4.79 Å². The van der Waals surface area contributed by atoms with Crippen molar-refractivity contribution in [3.8, 4) is 11.5 Å². The van der Waals surface area contributed by atoms with Gasteiger partial charge in [-0.1, -0.05) is 11.6 Å². The molecule has 19 heavy (non-hydrogen) atoms. The number of hydrogen-bond acceptors (Lipinski definition) is 4. The number of methoxy groups -OCH3 is 1. The van der Waals surface area contributed by atoms with Crippen LogP contribution in [0.1, 0.15) is 23.2 Å². The molecule has 0 radical (unpaired) electrons. The Bertz CT molecular complexity index is 500. The first-order valence-electron chi connectivity index (χ1n) is 5.95. The molecule has 1 fully saturated rings. The van der Waals surface area contributed by atoms with Crippen LogP contribution in [0.15, 0.2) is 12.1 Å². The minimum absolute atomic E-state index is 0.0415. The van der Waals surface area contributed by atoms with Gasteiger partial charge in [0.2, 0.25) is 0 Å². The summed E-state index contributed by atoms with van der Waals surface area (Å²) in [6.07, 6.45) is 2.08. The van der Waals surface area contributed by atoms with E-state index in [9.17, 15) is 4.79 Å². The Kier molecular flexibility index (Phi) is 3.87. The first-order valence-corrected chi connectivity index (χ1v) is 6.33. The van der Waals surface area contributed by atoms with Gasteiger partial charge in [0.15, 0.2) is 11.5 Å². The third kappa shape index (κ3) is 2.93. The standard InChI is InChI=1S/C13H16ClNO4/c1-18-10-5-8(12(16)17)4-9(14)11(10)19-7-13(6-15)2-3-13/h4-5H,2-3,6-7,15H2,1H3,(H,16,17). The molecular formula is C13H16ClNO4. The zero-order valence-corrected chi connectivity index (χ0v) is 11.4. The van der Waals surface area contributed by atoms with Gasteiger partial charge in [-0.2, -0.15) is 0 Å². The largest absolute Gasteiger partial charge is 0.493 e. The van der Waals surface area contributed by atoms with Crippen molar-refractivity contribution in [2.45, 2.75) is 12.8 Å². The minimum atomic E-state index is -1.06. The molecule has 1 aliphatic rings. The number of carbonyl (C=O) groups is 1. The summed E-state index contributed by atoms with van der Waals surface area (Å²) in [5.74, 6) is -0.376. The molecule has 6 heteroatoms. The molecule has 1 aliphatic carbocycles. The van der Waals surface area contributed by atoms with E-state index < -0.39 is 5.97 Å². The van der Waals surface area contributed by atoms with Crippen LogP contribution < -0.4 is 15.2 Å². The highest BCUT2D eigenvalue weighted by molar-refractivity contribution is 6.32. The Balaban J connectivity index is 2.21. The lowest BCUT2D eigenvalue weighted by Gasteiger charge is -2.17. The molecule has 2 rings (SSSR count). The highest BCUT2D eigenvalue weighted by Gasteiger charge is 2.42. The van der Waals surface area contributed by atoms with Crippen molar-refractivity contribution >= 4 is 17.6 Å². The van der Waals surface area contributed by atoms with E-state index in [0.717, 1.165) is 12.8 Å². The van der Waals surface area contributed by atoms with E-state index in [4.69, 9.17) is 31.9 Å². The van der Waals surface area contributed by atoms with Gasteiger partial charge in [-0.05, 0) is 25.0 Å².